The van der Waals surface area contributed by atoms with E-state index in [2.05, 4.69) is 22.2 Å². The van der Waals surface area contributed by atoms with E-state index in [0.717, 1.165) is 45.9 Å². The highest BCUT2D eigenvalue weighted by Crippen LogP contribution is 2.04. The molecule has 1 aliphatic rings. The fourth-order valence-electron chi connectivity index (χ4n) is 2.00. The average Bonchev–Trinajstić information content (AvgIpc) is 2.67. The first-order valence-electron chi connectivity index (χ1n) is 6.25. The maximum absolute atomic E-state index is 5.32. The zero-order valence-corrected chi connectivity index (χ0v) is 10.8. The van der Waals surface area contributed by atoms with E-state index in [9.17, 15) is 0 Å². The Morgan fingerprint density at radius 3 is 2.82 bits per heavy atom. The molecule has 1 aromatic rings. The summed E-state index contributed by atoms with van der Waals surface area (Å²) in [6.07, 6.45) is 1.94. The van der Waals surface area contributed by atoms with E-state index in [4.69, 9.17) is 4.74 Å². The Balaban J connectivity index is 1.64. The lowest BCUT2D eigenvalue weighted by Gasteiger charge is -2.26. The smallest absolute Gasteiger partial charge is 0.0594 e. The van der Waals surface area contributed by atoms with Gasteiger partial charge in [0.2, 0.25) is 0 Å². The van der Waals surface area contributed by atoms with Gasteiger partial charge in [-0.1, -0.05) is 0 Å². The van der Waals surface area contributed by atoms with Crippen molar-refractivity contribution in [1.82, 2.24) is 20.0 Å². The molecule has 0 atom stereocenters. The lowest BCUT2D eigenvalue weighted by molar-refractivity contribution is 0.0384. The fraction of sp³-hybridized carbons (Fsp3) is 0.750. The Hall–Kier alpha value is -0.910. The summed E-state index contributed by atoms with van der Waals surface area (Å²) in [5, 5.41) is 7.70. The second kappa shape index (κ2) is 6.14. The van der Waals surface area contributed by atoms with E-state index in [1.807, 2.05) is 17.9 Å². The molecule has 1 aromatic heterocycles. The predicted molar refractivity (Wildman–Crippen MR) is 66.9 cm³/mol. The van der Waals surface area contributed by atoms with E-state index >= 15 is 0 Å². The van der Waals surface area contributed by atoms with Crippen molar-refractivity contribution < 1.29 is 4.74 Å². The molecule has 17 heavy (non-hydrogen) atoms. The first kappa shape index (κ1) is 12.5. The second-order valence-corrected chi connectivity index (χ2v) is 4.51. The van der Waals surface area contributed by atoms with Crippen LogP contribution in [0, 0.1) is 6.92 Å². The van der Waals surface area contributed by atoms with Crippen LogP contribution in [-0.2, 0) is 18.3 Å². The summed E-state index contributed by atoms with van der Waals surface area (Å²) in [7, 11) is 1.98. The lowest BCUT2D eigenvalue weighted by Crippen LogP contribution is -2.40. The summed E-state index contributed by atoms with van der Waals surface area (Å²) in [6, 6.07) is 0. The molecular formula is C12H22N4O. The van der Waals surface area contributed by atoms with Crippen LogP contribution in [0.4, 0.5) is 0 Å². The molecule has 2 rings (SSSR count). The van der Waals surface area contributed by atoms with Crippen molar-refractivity contribution in [3.8, 4) is 0 Å². The minimum atomic E-state index is 0.877. The molecule has 1 fully saturated rings. The van der Waals surface area contributed by atoms with E-state index < -0.39 is 0 Å². The third-order valence-corrected chi connectivity index (χ3v) is 3.36. The molecule has 0 saturated carbocycles. The van der Waals surface area contributed by atoms with E-state index in [-0.39, 0.29) is 0 Å². The van der Waals surface area contributed by atoms with Crippen LogP contribution in [0.1, 0.15) is 11.3 Å². The van der Waals surface area contributed by atoms with Gasteiger partial charge in [0.05, 0.1) is 19.4 Å². The summed E-state index contributed by atoms with van der Waals surface area (Å²) in [6.45, 7) is 9.01. The van der Waals surface area contributed by atoms with E-state index in [1.165, 1.54) is 11.3 Å². The Labute approximate surface area is 103 Å². The quantitative estimate of drug-likeness (QED) is 0.742. The maximum Gasteiger partial charge on any atom is 0.0594 e. The average molecular weight is 238 g/mol. The second-order valence-electron chi connectivity index (χ2n) is 4.51. The summed E-state index contributed by atoms with van der Waals surface area (Å²) < 4.78 is 7.24. The topological polar surface area (TPSA) is 42.3 Å². The number of hydrogen-bond acceptors (Lipinski definition) is 4. The lowest BCUT2D eigenvalue weighted by atomic mass is 10.2. The molecule has 1 N–H and O–H groups in total. The van der Waals surface area contributed by atoms with Crippen molar-refractivity contribution >= 4 is 0 Å². The van der Waals surface area contributed by atoms with Crippen LogP contribution < -0.4 is 5.32 Å². The van der Waals surface area contributed by atoms with Crippen LogP contribution >= 0.6 is 0 Å². The van der Waals surface area contributed by atoms with Crippen LogP contribution in [-0.4, -0.2) is 54.1 Å². The largest absolute Gasteiger partial charge is 0.379 e. The summed E-state index contributed by atoms with van der Waals surface area (Å²) in [4.78, 5) is 2.44. The van der Waals surface area contributed by atoms with Crippen molar-refractivity contribution in [1.29, 1.82) is 0 Å². The van der Waals surface area contributed by atoms with Gasteiger partial charge in [-0.3, -0.25) is 9.58 Å². The van der Waals surface area contributed by atoms with E-state index in [0.29, 0.717) is 0 Å². The third kappa shape index (κ3) is 3.52. The highest BCUT2D eigenvalue weighted by molar-refractivity contribution is 5.15. The highest BCUT2D eigenvalue weighted by atomic mass is 16.5. The van der Waals surface area contributed by atoms with Gasteiger partial charge in [-0.05, 0) is 6.92 Å². The minimum absolute atomic E-state index is 0.877. The van der Waals surface area contributed by atoms with Crippen molar-refractivity contribution in [3.05, 3.63) is 17.5 Å². The Morgan fingerprint density at radius 1 is 1.41 bits per heavy atom. The van der Waals surface area contributed by atoms with Gasteiger partial charge < -0.3 is 10.1 Å². The third-order valence-electron chi connectivity index (χ3n) is 3.36. The first-order chi connectivity index (χ1) is 8.27. The number of aryl methyl sites for hydroxylation is 1. The van der Waals surface area contributed by atoms with Gasteiger partial charge in [-0.2, -0.15) is 5.10 Å². The summed E-state index contributed by atoms with van der Waals surface area (Å²) in [5.74, 6) is 0. The van der Waals surface area contributed by atoms with Gasteiger partial charge >= 0.3 is 0 Å². The van der Waals surface area contributed by atoms with Crippen LogP contribution in [0.2, 0.25) is 0 Å². The Morgan fingerprint density at radius 2 is 2.18 bits per heavy atom. The normalized spacial score (nSPS) is 17.5. The molecular weight excluding hydrogens is 216 g/mol. The molecule has 5 nitrogen and oxygen atoms in total. The molecule has 0 unspecified atom stereocenters. The zero-order chi connectivity index (χ0) is 12.1. The van der Waals surface area contributed by atoms with Crippen LogP contribution in [0.25, 0.3) is 0 Å². The first-order valence-corrected chi connectivity index (χ1v) is 6.25. The number of morpholine rings is 1. The molecule has 96 valence electrons. The standard InChI is InChI=1S/C12H22N4O/c1-11-12(10-14-15(11)2)9-13-3-4-16-5-7-17-8-6-16/h10,13H,3-9H2,1-2H3. The number of nitrogens with zero attached hydrogens (tertiary/aromatic N) is 3. The van der Waals surface area contributed by atoms with Crippen molar-refractivity contribution in [2.75, 3.05) is 39.4 Å². The van der Waals surface area contributed by atoms with Gasteiger partial charge in [0.15, 0.2) is 0 Å². The highest BCUT2D eigenvalue weighted by Gasteiger charge is 2.09. The fourth-order valence-corrected chi connectivity index (χ4v) is 2.00. The van der Waals surface area contributed by atoms with Crippen LogP contribution in [0.15, 0.2) is 6.20 Å². The summed E-state index contributed by atoms with van der Waals surface area (Å²) in [5.41, 5.74) is 2.53. The summed E-state index contributed by atoms with van der Waals surface area (Å²) >= 11 is 0. The molecule has 5 heteroatoms. The van der Waals surface area contributed by atoms with E-state index in [1.54, 1.807) is 0 Å². The molecule has 0 spiro atoms. The van der Waals surface area contributed by atoms with Crippen molar-refractivity contribution in [2.45, 2.75) is 13.5 Å². The number of rotatable bonds is 5. The van der Waals surface area contributed by atoms with Gasteiger partial charge in [0.1, 0.15) is 0 Å². The predicted octanol–water partition coefficient (Wildman–Crippen LogP) is 0.150. The molecule has 1 aliphatic heterocycles. The Kier molecular flexibility index (Phi) is 4.53. The number of hydrogen-bond donors (Lipinski definition) is 1. The molecule has 0 bridgehead atoms. The number of nitrogens with one attached hydrogen (secondary N) is 1. The Bertz CT molecular complexity index is 344. The molecule has 0 radical (unpaired) electrons. The monoisotopic (exact) mass is 238 g/mol. The zero-order valence-electron chi connectivity index (χ0n) is 10.8. The molecule has 1 saturated heterocycles. The maximum atomic E-state index is 5.32. The van der Waals surface area contributed by atoms with Crippen LogP contribution in [0.3, 0.4) is 0 Å². The SMILES string of the molecule is Cc1c(CNCCN2CCOCC2)cnn1C. The van der Waals surface area contributed by atoms with Crippen LogP contribution in [0.5, 0.6) is 0 Å². The van der Waals surface area contributed by atoms with Gasteiger partial charge in [0.25, 0.3) is 0 Å². The molecule has 0 amide bonds. The molecule has 2 heterocycles. The van der Waals surface area contributed by atoms with Gasteiger partial charge in [-0.15, -0.1) is 0 Å². The molecule has 0 aliphatic carbocycles. The molecule has 0 aromatic carbocycles. The van der Waals surface area contributed by atoms with Crippen molar-refractivity contribution in [3.63, 3.8) is 0 Å². The number of ether oxygens (including phenoxy) is 1. The minimum Gasteiger partial charge on any atom is -0.379 e. The van der Waals surface area contributed by atoms with Crippen molar-refractivity contribution in [2.24, 2.45) is 7.05 Å². The number of aromatic nitrogens is 2. The van der Waals surface area contributed by atoms with Gasteiger partial charge in [-0.25, -0.2) is 0 Å². The van der Waals surface area contributed by atoms with Gasteiger partial charge in [0, 0.05) is 51.0 Å².